The molecule has 0 radical (unpaired) electrons. The van der Waals surface area contributed by atoms with Crippen LogP contribution in [0.15, 0.2) is 41.2 Å². The quantitative estimate of drug-likeness (QED) is 0.733. The minimum atomic E-state index is -0.554. The fourth-order valence-electron chi connectivity index (χ4n) is 3.53. The van der Waals surface area contributed by atoms with Crippen LogP contribution in [0.4, 0.5) is 5.69 Å². The highest BCUT2D eigenvalue weighted by Gasteiger charge is 2.25. The van der Waals surface area contributed by atoms with E-state index in [4.69, 9.17) is 0 Å². The lowest BCUT2D eigenvalue weighted by molar-refractivity contribution is 0.0952. The second kappa shape index (κ2) is 6.46. The van der Waals surface area contributed by atoms with Crippen molar-refractivity contribution in [1.82, 2.24) is 9.97 Å². The van der Waals surface area contributed by atoms with Crippen LogP contribution < -0.4 is 10.9 Å². The maximum Gasteiger partial charge on any atom is 0.261 e. The van der Waals surface area contributed by atoms with Gasteiger partial charge in [-0.15, -0.1) is 0 Å². The number of nitrogens with one attached hydrogen (secondary N) is 2. The van der Waals surface area contributed by atoms with Gasteiger partial charge in [0.25, 0.3) is 11.5 Å². The molecule has 1 aromatic carbocycles. The van der Waals surface area contributed by atoms with Crippen molar-refractivity contribution in [3.05, 3.63) is 69.3 Å². The molecule has 2 N–H and O–H groups in total. The zero-order valence-corrected chi connectivity index (χ0v) is 15.1. The Labute approximate surface area is 155 Å². The van der Waals surface area contributed by atoms with Crippen molar-refractivity contribution in [3.8, 4) is 0 Å². The fraction of sp³-hybridized carbons (Fsp3) is 0.238. The highest BCUT2D eigenvalue weighted by Crippen LogP contribution is 2.25. The van der Waals surface area contributed by atoms with Crippen LogP contribution in [0.5, 0.6) is 0 Å². The number of Topliss-reactive ketones (excluding diaryl/α,β-unsaturated/α-hetero) is 1. The molecule has 1 atom stereocenters. The van der Waals surface area contributed by atoms with Crippen LogP contribution in [-0.2, 0) is 6.42 Å². The third-order valence-corrected chi connectivity index (χ3v) is 4.86. The van der Waals surface area contributed by atoms with E-state index in [1.54, 1.807) is 6.07 Å². The summed E-state index contributed by atoms with van der Waals surface area (Å²) in [6.07, 6.45) is 1.05. The molecule has 1 amide bonds. The molecule has 3 aromatic rings. The topological polar surface area (TPSA) is 91.9 Å². The van der Waals surface area contributed by atoms with Gasteiger partial charge in [-0.25, -0.2) is 0 Å². The van der Waals surface area contributed by atoms with Crippen molar-refractivity contribution in [1.29, 1.82) is 0 Å². The average molecular weight is 361 g/mol. The molecule has 0 saturated carbocycles. The van der Waals surface area contributed by atoms with Crippen LogP contribution in [0.25, 0.3) is 10.9 Å². The number of aromatic amines is 1. The van der Waals surface area contributed by atoms with Crippen molar-refractivity contribution in [2.75, 3.05) is 5.32 Å². The summed E-state index contributed by atoms with van der Waals surface area (Å²) in [6, 6.07) is 10.7. The number of carbonyl (C=O) groups excluding carboxylic acids is 2. The summed E-state index contributed by atoms with van der Waals surface area (Å²) in [7, 11) is 0. The first kappa shape index (κ1) is 17.1. The predicted molar refractivity (Wildman–Crippen MR) is 103 cm³/mol. The number of ketones is 1. The zero-order valence-electron chi connectivity index (χ0n) is 15.1. The number of carbonyl (C=O) groups is 2. The number of H-pyrrole nitrogens is 1. The van der Waals surface area contributed by atoms with Crippen molar-refractivity contribution >= 4 is 28.3 Å². The average Bonchev–Trinajstić information content (AvgIpc) is 2.61. The molecule has 0 spiro atoms. The Morgan fingerprint density at radius 3 is 2.81 bits per heavy atom. The highest BCUT2D eigenvalue weighted by atomic mass is 16.2. The Morgan fingerprint density at radius 2 is 2.00 bits per heavy atom. The number of rotatable bonds is 2. The van der Waals surface area contributed by atoms with E-state index in [0.717, 1.165) is 11.1 Å². The first-order valence-electron chi connectivity index (χ1n) is 8.89. The molecule has 0 fully saturated rings. The van der Waals surface area contributed by atoms with Crippen LogP contribution in [0.2, 0.25) is 0 Å². The second-order valence-corrected chi connectivity index (χ2v) is 7.13. The van der Waals surface area contributed by atoms with Gasteiger partial charge in [-0.3, -0.25) is 19.4 Å². The Kier molecular flexibility index (Phi) is 4.11. The first-order valence-corrected chi connectivity index (χ1v) is 8.89. The molecule has 1 unspecified atom stereocenters. The number of aromatic nitrogens is 2. The standard InChI is InChI=1S/C21H19N3O3/c1-11-8-17-14(18(25)9-11)10-15(21(27)24-17)20(26)23-16-5-3-4-13-7-6-12(2)22-19(13)16/h3-7,10-11H,8-9H2,1-2H3,(H,23,26)(H,24,27). The Bertz CT molecular complexity index is 1150. The molecule has 0 aliphatic heterocycles. The Morgan fingerprint density at radius 1 is 1.19 bits per heavy atom. The molecule has 2 heterocycles. The number of nitrogens with zero attached hydrogens (tertiary/aromatic N) is 1. The summed E-state index contributed by atoms with van der Waals surface area (Å²) in [5, 5.41) is 3.66. The number of fused-ring (bicyclic) bond motifs is 2. The minimum absolute atomic E-state index is 0.0449. The normalized spacial score (nSPS) is 16.2. The van der Waals surface area contributed by atoms with Gasteiger partial charge in [0.05, 0.1) is 11.2 Å². The van der Waals surface area contributed by atoms with Gasteiger partial charge in [-0.2, -0.15) is 0 Å². The molecule has 1 aliphatic carbocycles. The van der Waals surface area contributed by atoms with Gasteiger partial charge in [-0.1, -0.05) is 25.1 Å². The predicted octanol–water partition coefficient (Wildman–Crippen LogP) is 3.25. The monoisotopic (exact) mass is 361 g/mol. The van der Waals surface area contributed by atoms with Crippen molar-refractivity contribution in [2.45, 2.75) is 26.7 Å². The van der Waals surface area contributed by atoms with Crippen molar-refractivity contribution < 1.29 is 9.59 Å². The van der Waals surface area contributed by atoms with Gasteiger partial charge in [0.1, 0.15) is 5.56 Å². The van der Waals surface area contributed by atoms with E-state index < -0.39 is 11.5 Å². The number of hydrogen-bond donors (Lipinski definition) is 2. The largest absolute Gasteiger partial charge is 0.325 e. The molecule has 1 aliphatic rings. The molecule has 136 valence electrons. The summed E-state index contributed by atoms with van der Waals surface area (Å²) in [4.78, 5) is 44.6. The van der Waals surface area contributed by atoms with Crippen LogP contribution >= 0.6 is 0 Å². The van der Waals surface area contributed by atoms with E-state index in [-0.39, 0.29) is 17.3 Å². The number of anilines is 1. The number of hydrogen-bond acceptors (Lipinski definition) is 4. The number of pyridine rings is 2. The van der Waals surface area contributed by atoms with Crippen LogP contribution in [0.3, 0.4) is 0 Å². The van der Waals surface area contributed by atoms with Crippen molar-refractivity contribution in [3.63, 3.8) is 0 Å². The number of benzene rings is 1. The molecule has 6 heteroatoms. The summed E-state index contributed by atoms with van der Waals surface area (Å²) < 4.78 is 0. The van der Waals surface area contributed by atoms with Crippen LogP contribution in [0, 0.1) is 12.8 Å². The summed E-state index contributed by atoms with van der Waals surface area (Å²) in [6.45, 7) is 3.84. The van der Waals surface area contributed by atoms with Crippen molar-refractivity contribution in [2.24, 2.45) is 5.92 Å². The van der Waals surface area contributed by atoms with E-state index in [2.05, 4.69) is 15.3 Å². The second-order valence-electron chi connectivity index (χ2n) is 7.13. The third-order valence-electron chi connectivity index (χ3n) is 4.86. The Hall–Kier alpha value is -3.28. The van der Waals surface area contributed by atoms with E-state index in [1.165, 1.54) is 6.07 Å². The van der Waals surface area contributed by atoms with Gasteiger partial charge in [0, 0.05) is 28.8 Å². The molecular weight excluding hydrogens is 342 g/mol. The van der Waals surface area contributed by atoms with E-state index in [0.29, 0.717) is 35.3 Å². The summed E-state index contributed by atoms with van der Waals surface area (Å²) >= 11 is 0. The summed E-state index contributed by atoms with van der Waals surface area (Å²) in [5.74, 6) is -0.414. The highest BCUT2D eigenvalue weighted by molar-refractivity contribution is 6.09. The van der Waals surface area contributed by atoms with Crippen LogP contribution in [-0.4, -0.2) is 21.7 Å². The molecule has 0 bridgehead atoms. The number of para-hydroxylation sites is 1. The van der Waals surface area contributed by atoms with E-state index in [9.17, 15) is 14.4 Å². The molecule has 27 heavy (non-hydrogen) atoms. The molecule has 2 aromatic heterocycles. The zero-order chi connectivity index (χ0) is 19.1. The van der Waals surface area contributed by atoms with Crippen LogP contribution in [0.1, 0.15) is 45.4 Å². The van der Waals surface area contributed by atoms with Gasteiger partial charge >= 0.3 is 0 Å². The molecule has 6 nitrogen and oxygen atoms in total. The van der Waals surface area contributed by atoms with Gasteiger partial charge in [0.15, 0.2) is 5.78 Å². The fourth-order valence-corrected chi connectivity index (χ4v) is 3.53. The lowest BCUT2D eigenvalue weighted by atomic mass is 9.86. The van der Waals surface area contributed by atoms with Gasteiger partial charge < -0.3 is 10.3 Å². The lowest BCUT2D eigenvalue weighted by Gasteiger charge is -2.20. The summed E-state index contributed by atoms with van der Waals surface area (Å²) in [5.41, 5.74) is 2.50. The maximum absolute atomic E-state index is 12.8. The molecular formula is C21H19N3O3. The number of amides is 1. The SMILES string of the molecule is Cc1ccc2cccc(NC(=O)c3cc4c([nH]c3=O)CC(C)CC4=O)c2n1. The van der Waals surface area contributed by atoms with E-state index >= 15 is 0 Å². The minimum Gasteiger partial charge on any atom is -0.325 e. The number of aryl methyl sites for hydroxylation is 1. The van der Waals surface area contributed by atoms with Gasteiger partial charge in [-0.05, 0) is 37.5 Å². The molecule has 0 saturated heterocycles. The van der Waals surface area contributed by atoms with E-state index in [1.807, 2.05) is 38.1 Å². The molecule has 4 rings (SSSR count). The van der Waals surface area contributed by atoms with Gasteiger partial charge in [0.2, 0.25) is 0 Å². The first-order chi connectivity index (χ1) is 12.9. The smallest absolute Gasteiger partial charge is 0.261 e. The lowest BCUT2D eigenvalue weighted by Crippen LogP contribution is -2.29. The Balaban J connectivity index is 1.73. The maximum atomic E-state index is 12.8. The third kappa shape index (κ3) is 3.14.